The third-order valence-electron chi connectivity index (χ3n) is 4.27. The molecule has 1 aromatic carbocycles. The Labute approximate surface area is 153 Å². The molecule has 0 spiro atoms. The molecule has 138 valence electrons. The van der Waals surface area contributed by atoms with Gasteiger partial charge in [-0.05, 0) is 44.9 Å². The van der Waals surface area contributed by atoms with E-state index in [9.17, 15) is 9.59 Å². The average Bonchev–Trinajstić information content (AvgIpc) is 3.34. The maximum atomic E-state index is 13.0. The number of carbonyl (C=O) groups excluding carboxylic acids is 2. The van der Waals surface area contributed by atoms with E-state index in [-0.39, 0.29) is 24.0 Å². The number of hydrogen-bond acceptors (Lipinski definition) is 3. The molecule has 3 amide bonds. The zero-order valence-corrected chi connectivity index (χ0v) is 15.4. The van der Waals surface area contributed by atoms with Gasteiger partial charge in [0.25, 0.3) is 5.91 Å². The molecule has 0 bridgehead atoms. The molecular weight excluding hydrogens is 330 g/mol. The second-order valence-electron chi connectivity index (χ2n) is 6.95. The number of aryl methyl sites for hydroxylation is 1. The van der Waals surface area contributed by atoms with Crippen LogP contribution in [-0.4, -0.2) is 38.5 Å². The van der Waals surface area contributed by atoms with Gasteiger partial charge in [-0.25, -0.2) is 9.78 Å². The van der Waals surface area contributed by atoms with E-state index in [1.807, 2.05) is 36.6 Å². The lowest BCUT2D eigenvalue weighted by Crippen LogP contribution is -2.35. The van der Waals surface area contributed by atoms with Crippen molar-refractivity contribution in [3.05, 3.63) is 48.0 Å². The summed E-state index contributed by atoms with van der Waals surface area (Å²) in [7, 11) is 1.93. The van der Waals surface area contributed by atoms with Gasteiger partial charge in [-0.2, -0.15) is 0 Å². The van der Waals surface area contributed by atoms with E-state index in [4.69, 9.17) is 0 Å². The molecule has 1 fully saturated rings. The van der Waals surface area contributed by atoms with E-state index < -0.39 is 0 Å². The van der Waals surface area contributed by atoms with Gasteiger partial charge in [0.2, 0.25) is 0 Å². The fourth-order valence-corrected chi connectivity index (χ4v) is 2.78. The highest BCUT2D eigenvalue weighted by molar-refractivity contribution is 5.97. The summed E-state index contributed by atoms with van der Waals surface area (Å²) in [4.78, 5) is 31.1. The monoisotopic (exact) mass is 355 g/mol. The van der Waals surface area contributed by atoms with Gasteiger partial charge in [0.1, 0.15) is 5.82 Å². The van der Waals surface area contributed by atoms with Crippen LogP contribution in [0, 0.1) is 0 Å². The minimum atomic E-state index is -0.281. The lowest BCUT2D eigenvalue weighted by atomic mass is 10.1. The van der Waals surface area contributed by atoms with Crippen LogP contribution < -0.4 is 10.6 Å². The van der Waals surface area contributed by atoms with Crippen LogP contribution in [0.2, 0.25) is 0 Å². The van der Waals surface area contributed by atoms with E-state index in [1.165, 1.54) is 0 Å². The molecule has 1 aliphatic carbocycles. The molecule has 7 nitrogen and oxygen atoms in total. The highest BCUT2D eigenvalue weighted by Crippen LogP contribution is 2.30. The molecule has 1 saturated carbocycles. The van der Waals surface area contributed by atoms with E-state index in [0.29, 0.717) is 17.8 Å². The summed E-state index contributed by atoms with van der Waals surface area (Å²) < 4.78 is 1.93. The van der Waals surface area contributed by atoms with Crippen molar-refractivity contribution in [3.63, 3.8) is 0 Å². The molecule has 0 saturated heterocycles. The molecule has 26 heavy (non-hydrogen) atoms. The second kappa shape index (κ2) is 7.59. The van der Waals surface area contributed by atoms with Crippen molar-refractivity contribution in [2.75, 3.05) is 5.32 Å². The van der Waals surface area contributed by atoms with Crippen molar-refractivity contribution < 1.29 is 9.59 Å². The minimum absolute atomic E-state index is 0.0385. The van der Waals surface area contributed by atoms with Crippen molar-refractivity contribution in [2.24, 2.45) is 7.05 Å². The number of imidazole rings is 1. The van der Waals surface area contributed by atoms with Crippen LogP contribution >= 0.6 is 0 Å². The van der Waals surface area contributed by atoms with Crippen molar-refractivity contribution in [2.45, 2.75) is 45.3 Å². The minimum Gasteiger partial charge on any atom is -0.337 e. The Hall–Kier alpha value is -2.83. The molecule has 1 aromatic heterocycles. The van der Waals surface area contributed by atoms with Crippen molar-refractivity contribution in [3.8, 4) is 0 Å². The SMILES string of the molecule is CC(C)NC(=O)Nc1cccc(C(=O)N(Cc2nccn2C)C2CC2)c1. The van der Waals surface area contributed by atoms with Crippen molar-refractivity contribution >= 4 is 17.6 Å². The zero-order chi connectivity index (χ0) is 18.7. The predicted octanol–water partition coefficient (Wildman–Crippen LogP) is 2.75. The van der Waals surface area contributed by atoms with Crippen molar-refractivity contribution in [1.29, 1.82) is 0 Å². The second-order valence-corrected chi connectivity index (χ2v) is 6.95. The van der Waals surface area contributed by atoms with Gasteiger partial charge in [0.05, 0.1) is 6.54 Å². The molecule has 0 radical (unpaired) electrons. The number of amides is 3. The number of nitrogens with zero attached hydrogens (tertiary/aromatic N) is 3. The highest BCUT2D eigenvalue weighted by Gasteiger charge is 2.33. The van der Waals surface area contributed by atoms with Crippen LogP contribution in [0.4, 0.5) is 10.5 Å². The number of nitrogens with one attached hydrogen (secondary N) is 2. The maximum Gasteiger partial charge on any atom is 0.319 e. The van der Waals surface area contributed by atoms with Gasteiger partial charge in [0.15, 0.2) is 0 Å². The van der Waals surface area contributed by atoms with Gasteiger partial charge in [0, 0.05) is 42.8 Å². The van der Waals surface area contributed by atoms with Crippen molar-refractivity contribution in [1.82, 2.24) is 19.8 Å². The molecule has 0 atom stereocenters. The maximum absolute atomic E-state index is 13.0. The molecule has 7 heteroatoms. The number of urea groups is 1. The smallest absolute Gasteiger partial charge is 0.319 e. The van der Waals surface area contributed by atoms with Gasteiger partial charge < -0.3 is 20.1 Å². The molecule has 3 rings (SSSR count). The van der Waals surface area contributed by atoms with Gasteiger partial charge in [-0.15, -0.1) is 0 Å². The quantitative estimate of drug-likeness (QED) is 0.836. The lowest BCUT2D eigenvalue weighted by molar-refractivity contribution is 0.0724. The first kappa shape index (κ1) is 18.0. The zero-order valence-electron chi connectivity index (χ0n) is 15.4. The van der Waals surface area contributed by atoms with Crippen LogP contribution in [0.25, 0.3) is 0 Å². The van der Waals surface area contributed by atoms with Crippen LogP contribution in [0.5, 0.6) is 0 Å². The third kappa shape index (κ3) is 4.41. The van der Waals surface area contributed by atoms with Crippen LogP contribution in [-0.2, 0) is 13.6 Å². The lowest BCUT2D eigenvalue weighted by Gasteiger charge is -2.22. The van der Waals surface area contributed by atoms with Gasteiger partial charge in [-0.1, -0.05) is 6.07 Å². The average molecular weight is 355 g/mol. The number of benzene rings is 1. The third-order valence-corrected chi connectivity index (χ3v) is 4.27. The summed E-state index contributed by atoms with van der Waals surface area (Å²) >= 11 is 0. The molecular formula is C19H25N5O2. The summed E-state index contributed by atoms with van der Waals surface area (Å²) in [6, 6.07) is 7.08. The predicted molar refractivity (Wildman–Crippen MR) is 99.8 cm³/mol. The number of carbonyl (C=O) groups is 2. The Balaban J connectivity index is 1.74. The Morgan fingerprint density at radius 2 is 2.12 bits per heavy atom. The van der Waals surface area contributed by atoms with E-state index in [0.717, 1.165) is 18.7 Å². The molecule has 0 aliphatic heterocycles. The Bertz CT molecular complexity index is 795. The van der Waals surface area contributed by atoms with E-state index in [2.05, 4.69) is 15.6 Å². The largest absolute Gasteiger partial charge is 0.337 e. The standard InChI is InChI=1S/C19H25N5O2/c1-13(2)21-19(26)22-15-6-4-5-14(11-15)18(25)24(16-7-8-16)12-17-20-9-10-23(17)3/h4-6,9-11,13,16H,7-8,12H2,1-3H3,(H2,21,22,26). The topological polar surface area (TPSA) is 79.3 Å². The Kier molecular flexibility index (Phi) is 5.25. The fraction of sp³-hybridized carbons (Fsp3) is 0.421. The molecule has 2 N–H and O–H groups in total. The van der Waals surface area contributed by atoms with Gasteiger partial charge in [-0.3, -0.25) is 4.79 Å². The van der Waals surface area contributed by atoms with Crippen LogP contribution in [0.15, 0.2) is 36.7 Å². The Morgan fingerprint density at radius 3 is 2.73 bits per heavy atom. The van der Waals surface area contributed by atoms with E-state index >= 15 is 0 Å². The number of rotatable bonds is 6. The summed E-state index contributed by atoms with van der Waals surface area (Å²) in [5.41, 5.74) is 1.16. The fourth-order valence-electron chi connectivity index (χ4n) is 2.78. The van der Waals surface area contributed by atoms with Crippen LogP contribution in [0.1, 0.15) is 42.9 Å². The number of hydrogen-bond donors (Lipinski definition) is 2. The van der Waals surface area contributed by atoms with E-state index in [1.54, 1.807) is 30.5 Å². The normalized spacial score (nSPS) is 13.5. The first-order valence-corrected chi connectivity index (χ1v) is 8.89. The summed E-state index contributed by atoms with van der Waals surface area (Å²) in [6.45, 7) is 4.27. The number of aromatic nitrogens is 2. The first-order chi connectivity index (χ1) is 12.4. The van der Waals surface area contributed by atoms with Crippen LogP contribution in [0.3, 0.4) is 0 Å². The summed E-state index contributed by atoms with van der Waals surface area (Å²) in [5, 5.41) is 5.54. The summed E-state index contributed by atoms with van der Waals surface area (Å²) in [6.07, 6.45) is 5.65. The highest BCUT2D eigenvalue weighted by atomic mass is 16.2. The molecule has 1 heterocycles. The molecule has 1 aliphatic rings. The van der Waals surface area contributed by atoms with Gasteiger partial charge >= 0.3 is 6.03 Å². The summed E-state index contributed by atoms with van der Waals surface area (Å²) in [5.74, 6) is 0.819. The molecule has 2 aromatic rings. The number of anilines is 1. The first-order valence-electron chi connectivity index (χ1n) is 8.89. The molecule has 0 unspecified atom stereocenters. The Morgan fingerprint density at radius 1 is 1.35 bits per heavy atom.